The van der Waals surface area contributed by atoms with E-state index in [2.05, 4.69) is 27.8 Å². The van der Waals surface area contributed by atoms with Crippen LogP contribution in [0.3, 0.4) is 0 Å². The number of nitrogens with one attached hydrogen (secondary N) is 2. The van der Waals surface area contributed by atoms with Crippen LogP contribution in [0.5, 0.6) is 0 Å². The van der Waals surface area contributed by atoms with Crippen LogP contribution in [0.4, 0.5) is 9.93 Å². The second-order valence-corrected chi connectivity index (χ2v) is 6.43. The largest absolute Gasteiger partial charge is 0.467 e. The van der Waals surface area contributed by atoms with Crippen molar-refractivity contribution in [2.24, 2.45) is 0 Å². The number of hydrogen-bond acceptors (Lipinski definition) is 6. The molecule has 8 heteroatoms. The average Bonchev–Trinajstić information content (AvgIpc) is 3.16. The molecule has 23 heavy (non-hydrogen) atoms. The highest BCUT2D eigenvalue weighted by Gasteiger charge is 2.17. The molecule has 0 aromatic carbocycles. The topological polar surface area (TPSA) is 100 Å². The van der Waals surface area contributed by atoms with Gasteiger partial charge in [0.15, 0.2) is 0 Å². The van der Waals surface area contributed by atoms with Crippen molar-refractivity contribution in [3.8, 4) is 0 Å². The quantitative estimate of drug-likeness (QED) is 0.686. The number of anilines is 1. The highest BCUT2D eigenvalue weighted by Crippen LogP contribution is 2.19. The fraction of sp³-hybridized carbons (Fsp3) is 0.533. The number of amides is 2. The molecule has 2 rings (SSSR count). The van der Waals surface area contributed by atoms with Crippen LogP contribution in [0.15, 0.2) is 22.8 Å². The van der Waals surface area contributed by atoms with Gasteiger partial charge >= 0.3 is 6.03 Å². The highest BCUT2D eigenvalue weighted by atomic mass is 32.1. The van der Waals surface area contributed by atoms with Crippen molar-refractivity contribution in [3.63, 3.8) is 0 Å². The SMILES string of the molecule is CCCCc1nnc(NC(=O)N[C@@H](C)C[C@@H](O)c2ccco2)s1. The molecule has 0 aliphatic heterocycles. The molecule has 126 valence electrons. The Morgan fingerprint density at radius 3 is 3.00 bits per heavy atom. The van der Waals surface area contributed by atoms with Gasteiger partial charge < -0.3 is 14.8 Å². The van der Waals surface area contributed by atoms with Crippen molar-refractivity contribution in [1.29, 1.82) is 0 Å². The van der Waals surface area contributed by atoms with Gasteiger partial charge in [0, 0.05) is 18.9 Å². The number of carbonyl (C=O) groups excluding carboxylic acids is 1. The third-order valence-electron chi connectivity index (χ3n) is 3.26. The molecule has 0 saturated heterocycles. The minimum atomic E-state index is -0.748. The van der Waals surface area contributed by atoms with Crippen LogP contribution in [-0.2, 0) is 6.42 Å². The Morgan fingerprint density at radius 1 is 1.48 bits per heavy atom. The molecule has 2 aromatic rings. The molecule has 2 atom stereocenters. The van der Waals surface area contributed by atoms with E-state index < -0.39 is 6.10 Å². The van der Waals surface area contributed by atoms with Crippen molar-refractivity contribution in [2.45, 2.75) is 51.7 Å². The lowest BCUT2D eigenvalue weighted by Gasteiger charge is -2.16. The average molecular weight is 338 g/mol. The summed E-state index contributed by atoms with van der Waals surface area (Å²) in [6, 6.07) is 2.84. The molecule has 0 aliphatic rings. The maximum Gasteiger partial charge on any atom is 0.321 e. The number of urea groups is 1. The second-order valence-electron chi connectivity index (χ2n) is 5.37. The van der Waals surface area contributed by atoms with E-state index in [4.69, 9.17) is 4.42 Å². The molecule has 2 heterocycles. The van der Waals surface area contributed by atoms with Gasteiger partial charge in [0.2, 0.25) is 5.13 Å². The molecule has 0 saturated carbocycles. The van der Waals surface area contributed by atoms with E-state index in [1.807, 2.05) is 6.92 Å². The predicted molar refractivity (Wildman–Crippen MR) is 88.4 cm³/mol. The minimum absolute atomic E-state index is 0.220. The molecule has 0 spiro atoms. The molecule has 0 fully saturated rings. The van der Waals surface area contributed by atoms with Crippen LogP contribution in [0, 0.1) is 0 Å². The van der Waals surface area contributed by atoms with Gasteiger partial charge in [-0.25, -0.2) is 4.79 Å². The van der Waals surface area contributed by atoms with E-state index in [1.165, 1.54) is 17.6 Å². The molecule has 7 nitrogen and oxygen atoms in total. The molecule has 0 bridgehead atoms. The molecule has 3 N–H and O–H groups in total. The Bertz CT molecular complexity index is 600. The number of rotatable bonds is 8. The van der Waals surface area contributed by atoms with Crippen molar-refractivity contribution < 1.29 is 14.3 Å². The van der Waals surface area contributed by atoms with Crippen LogP contribution >= 0.6 is 11.3 Å². The summed E-state index contributed by atoms with van der Waals surface area (Å²) in [5.41, 5.74) is 0. The van der Waals surface area contributed by atoms with E-state index in [0.717, 1.165) is 24.3 Å². The molecule has 0 aliphatic carbocycles. The molecular weight excluding hydrogens is 316 g/mol. The third kappa shape index (κ3) is 5.65. The minimum Gasteiger partial charge on any atom is -0.467 e. The zero-order valence-electron chi connectivity index (χ0n) is 13.3. The van der Waals surface area contributed by atoms with Gasteiger partial charge in [-0.1, -0.05) is 24.7 Å². The van der Waals surface area contributed by atoms with Crippen LogP contribution in [0.2, 0.25) is 0 Å². The van der Waals surface area contributed by atoms with Crippen LogP contribution in [0.25, 0.3) is 0 Å². The summed E-state index contributed by atoms with van der Waals surface area (Å²) in [4.78, 5) is 11.9. The number of nitrogens with zero attached hydrogens (tertiary/aromatic N) is 2. The van der Waals surface area contributed by atoms with Crippen molar-refractivity contribution in [2.75, 3.05) is 5.32 Å². The number of aliphatic hydroxyl groups excluding tert-OH is 1. The first-order valence-corrected chi connectivity index (χ1v) is 8.51. The number of unbranched alkanes of at least 4 members (excludes halogenated alkanes) is 1. The lowest BCUT2D eigenvalue weighted by atomic mass is 10.1. The summed E-state index contributed by atoms with van der Waals surface area (Å²) >= 11 is 1.38. The van der Waals surface area contributed by atoms with E-state index in [9.17, 15) is 9.90 Å². The summed E-state index contributed by atoms with van der Waals surface area (Å²) in [6.07, 6.45) is 4.15. The number of aliphatic hydroxyl groups is 1. The summed E-state index contributed by atoms with van der Waals surface area (Å²) in [5.74, 6) is 0.490. The normalized spacial score (nSPS) is 13.5. The first kappa shape index (κ1) is 17.4. The summed E-state index contributed by atoms with van der Waals surface area (Å²) in [5, 5.41) is 24.8. The number of aromatic nitrogens is 2. The fourth-order valence-electron chi connectivity index (χ4n) is 2.08. The monoisotopic (exact) mass is 338 g/mol. The van der Waals surface area contributed by atoms with E-state index in [-0.39, 0.29) is 12.1 Å². The predicted octanol–water partition coefficient (Wildman–Crippen LogP) is 3.11. The van der Waals surface area contributed by atoms with Gasteiger partial charge in [0.1, 0.15) is 16.9 Å². The number of aryl methyl sites for hydroxylation is 1. The summed E-state index contributed by atoms with van der Waals surface area (Å²) in [7, 11) is 0. The number of furan rings is 1. The van der Waals surface area contributed by atoms with Gasteiger partial charge in [-0.2, -0.15) is 0 Å². The second kappa shape index (κ2) is 8.64. The van der Waals surface area contributed by atoms with Gasteiger partial charge in [-0.3, -0.25) is 5.32 Å². The summed E-state index contributed by atoms with van der Waals surface area (Å²) in [6.45, 7) is 3.94. The Labute approximate surface area is 139 Å². The highest BCUT2D eigenvalue weighted by molar-refractivity contribution is 7.15. The zero-order chi connectivity index (χ0) is 16.7. The van der Waals surface area contributed by atoms with Crippen LogP contribution < -0.4 is 10.6 Å². The molecular formula is C15H22N4O3S. The fourth-order valence-corrected chi connectivity index (χ4v) is 2.86. The van der Waals surface area contributed by atoms with E-state index in [1.54, 1.807) is 12.1 Å². The molecule has 0 radical (unpaired) electrons. The first-order valence-electron chi connectivity index (χ1n) is 7.69. The van der Waals surface area contributed by atoms with Crippen LogP contribution in [0.1, 0.15) is 50.0 Å². The Kier molecular flexibility index (Phi) is 6.54. The van der Waals surface area contributed by atoms with Crippen molar-refractivity contribution in [1.82, 2.24) is 15.5 Å². The molecule has 2 aromatic heterocycles. The first-order chi connectivity index (χ1) is 11.1. The van der Waals surface area contributed by atoms with Gasteiger partial charge in [0.05, 0.1) is 6.26 Å². The van der Waals surface area contributed by atoms with E-state index >= 15 is 0 Å². The Morgan fingerprint density at radius 2 is 2.30 bits per heavy atom. The molecule has 2 amide bonds. The van der Waals surface area contributed by atoms with Crippen molar-refractivity contribution in [3.05, 3.63) is 29.2 Å². The zero-order valence-corrected chi connectivity index (χ0v) is 14.1. The number of carbonyl (C=O) groups is 1. The number of hydrogen-bond donors (Lipinski definition) is 3. The maximum absolute atomic E-state index is 11.9. The van der Waals surface area contributed by atoms with Crippen LogP contribution in [-0.4, -0.2) is 27.4 Å². The standard InChI is InChI=1S/C15H22N4O3S/c1-3-4-7-13-18-19-15(23-13)17-14(21)16-10(2)9-11(20)12-6-5-8-22-12/h5-6,8,10-11,20H,3-4,7,9H2,1-2H3,(H2,16,17,19,21)/t10-,11+/m0/s1. The summed E-state index contributed by atoms with van der Waals surface area (Å²) < 4.78 is 5.14. The Balaban J connectivity index is 1.76. The molecule has 0 unspecified atom stereocenters. The lowest BCUT2D eigenvalue weighted by Crippen LogP contribution is -2.37. The lowest BCUT2D eigenvalue weighted by molar-refractivity contribution is 0.130. The van der Waals surface area contributed by atoms with Gasteiger partial charge in [-0.05, 0) is 25.5 Å². The van der Waals surface area contributed by atoms with Gasteiger partial charge in [0.25, 0.3) is 0 Å². The maximum atomic E-state index is 11.9. The van der Waals surface area contributed by atoms with Crippen molar-refractivity contribution >= 4 is 22.5 Å². The third-order valence-corrected chi connectivity index (χ3v) is 4.16. The van der Waals surface area contributed by atoms with E-state index in [0.29, 0.717) is 17.3 Å². The van der Waals surface area contributed by atoms with Gasteiger partial charge in [-0.15, -0.1) is 10.2 Å². The smallest absolute Gasteiger partial charge is 0.321 e. The Hall–Kier alpha value is -1.93.